The summed E-state index contributed by atoms with van der Waals surface area (Å²) < 4.78 is 0. The Hall–Kier alpha value is -4.83. The first-order chi connectivity index (χ1) is 22.5. The van der Waals surface area contributed by atoms with Crippen molar-refractivity contribution in [2.45, 2.75) is 73.1 Å². The van der Waals surface area contributed by atoms with E-state index in [9.17, 15) is 19.8 Å². The minimum absolute atomic E-state index is 0. The van der Waals surface area contributed by atoms with E-state index in [4.69, 9.17) is 0 Å². The average Bonchev–Trinajstić information content (AvgIpc) is 3.40. The van der Waals surface area contributed by atoms with E-state index in [1.807, 2.05) is 111 Å². The minimum atomic E-state index is -1.33. The Morgan fingerprint density at radius 2 is 0.784 bits per heavy atom. The third-order valence-electron chi connectivity index (χ3n) is 7.45. The van der Waals surface area contributed by atoms with E-state index in [2.05, 4.69) is 19.9 Å². The number of carbonyl (C=O) groups is 2. The molecule has 10 nitrogen and oxygen atoms in total. The smallest absolute Gasteiger partial charge is 0.656 e. The number of carboxylic acid groups (broad SMARTS) is 2. The fourth-order valence-electron chi connectivity index (χ4n) is 4.49. The molecule has 0 aliphatic rings. The third kappa shape index (κ3) is 13.4. The molecule has 4 aromatic heterocycles. The van der Waals surface area contributed by atoms with Crippen molar-refractivity contribution in [3.8, 4) is 0 Å². The third-order valence-corrected chi connectivity index (χ3v) is 7.45. The Labute approximate surface area is 312 Å². The van der Waals surface area contributed by atoms with Gasteiger partial charge in [-0.15, -0.1) is 11.0 Å². The SMILES string of the molecule is CC(C)(C)c1cc(C(=O)[O-])c2[n-]c3c(C(=O)[O-])cc(C(C)(C)C)cc3c2c1.Cc1ccncc1.Cc1ccncc1.Cc1ccncc1.O.O.[Ru+3]. The van der Waals surface area contributed by atoms with Gasteiger partial charge in [0.15, 0.2) is 0 Å². The molecule has 6 rings (SSSR count). The van der Waals surface area contributed by atoms with Crippen LogP contribution in [-0.4, -0.2) is 37.8 Å². The molecule has 0 atom stereocenters. The number of hydrogen-bond acceptors (Lipinski definition) is 7. The van der Waals surface area contributed by atoms with Crippen LogP contribution in [-0.2, 0) is 30.3 Å². The van der Waals surface area contributed by atoms with Gasteiger partial charge in [0, 0.05) is 37.2 Å². The van der Waals surface area contributed by atoms with Gasteiger partial charge in [0.25, 0.3) is 0 Å². The first kappa shape index (κ1) is 46.2. The number of hydrogen-bond donors (Lipinski definition) is 0. The number of carboxylic acids is 2. The zero-order valence-electron chi connectivity index (χ0n) is 30.5. The van der Waals surface area contributed by atoms with E-state index in [1.165, 1.54) is 16.7 Å². The largest absolute Gasteiger partial charge is 3.00 e. The summed E-state index contributed by atoms with van der Waals surface area (Å²) in [5.74, 6) is -2.67. The topological polar surface area (TPSA) is 196 Å². The van der Waals surface area contributed by atoms with Gasteiger partial charge in [-0.05, 0) is 118 Å². The zero-order valence-corrected chi connectivity index (χ0v) is 32.3. The van der Waals surface area contributed by atoms with Crippen molar-refractivity contribution in [2.24, 2.45) is 0 Å². The second-order valence-corrected chi connectivity index (χ2v) is 13.6. The number of aryl methyl sites for hydroxylation is 3. The first-order valence-electron chi connectivity index (χ1n) is 15.6. The summed E-state index contributed by atoms with van der Waals surface area (Å²) in [6.45, 7) is 18.0. The molecule has 271 valence electrons. The van der Waals surface area contributed by atoms with Crippen molar-refractivity contribution in [1.29, 1.82) is 0 Å². The number of pyridine rings is 3. The molecule has 0 aliphatic heterocycles. The summed E-state index contributed by atoms with van der Waals surface area (Å²) in [5.41, 5.74) is 5.25. The van der Waals surface area contributed by atoms with Gasteiger partial charge in [0.1, 0.15) is 0 Å². The summed E-state index contributed by atoms with van der Waals surface area (Å²) in [4.78, 5) is 39.4. The monoisotopic (exact) mass is 781 g/mol. The van der Waals surface area contributed by atoms with Gasteiger partial charge in [-0.25, -0.2) is 0 Å². The van der Waals surface area contributed by atoms with E-state index in [0.29, 0.717) is 10.8 Å². The number of nitrogens with zero attached hydrogens (tertiary/aromatic N) is 4. The van der Waals surface area contributed by atoms with Crippen molar-refractivity contribution in [3.05, 3.63) is 137 Å². The molecule has 0 saturated heterocycles. The maximum absolute atomic E-state index is 11.7. The van der Waals surface area contributed by atoms with E-state index in [0.717, 1.165) is 11.1 Å². The van der Waals surface area contributed by atoms with Crippen LogP contribution in [0.25, 0.3) is 21.8 Å². The molecule has 0 aliphatic carbocycles. The van der Waals surface area contributed by atoms with Gasteiger partial charge in [-0.3, -0.25) is 15.0 Å². The van der Waals surface area contributed by atoms with Crippen molar-refractivity contribution < 1.29 is 50.2 Å². The average molecular weight is 781 g/mol. The maximum atomic E-state index is 11.7. The second-order valence-electron chi connectivity index (χ2n) is 13.6. The van der Waals surface area contributed by atoms with E-state index in [-0.39, 0.29) is 63.4 Å². The van der Waals surface area contributed by atoms with Crippen LogP contribution in [0.1, 0.15) is 90.1 Å². The summed E-state index contributed by atoms with van der Waals surface area (Å²) in [5, 5.41) is 24.7. The molecular formula is C40H47N4O6Ru. The molecule has 0 unspecified atom stereocenters. The fourth-order valence-corrected chi connectivity index (χ4v) is 4.49. The predicted octanol–water partition coefficient (Wildman–Crippen LogP) is 4.79. The normalized spacial score (nSPS) is 10.3. The van der Waals surface area contributed by atoms with Crippen molar-refractivity contribution in [2.75, 3.05) is 0 Å². The van der Waals surface area contributed by atoms with Gasteiger partial charge in [-0.2, -0.15) is 0 Å². The number of aromatic carboxylic acids is 2. The predicted molar refractivity (Wildman–Crippen MR) is 195 cm³/mol. The second kappa shape index (κ2) is 20.1. The Balaban J connectivity index is 0.000000843. The summed E-state index contributed by atoms with van der Waals surface area (Å²) in [7, 11) is 0. The van der Waals surface area contributed by atoms with E-state index < -0.39 is 11.9 Å². The van der Waals surface area contributed by atoms with Gasteiger partial charge < -0.3 is 35.7 Å². The van der Waals surface area contributed by atoms with Crippen LogP contribution < -0.4 is 15.2 Å². The summed E-state index contributed by atoms with van der Waals surface area (Å²) >= 11 is 0. The Morgan fingerprint density at radius 3 is 0.961 bits per heavy atom. The summed E-state index contributed by atoms with van der Waals surface area (Å²) in [6.07, 6.45) is 10.7. The van der Waals surface area contributed by atoms with Crippen LogP contribution in [0.15, 0.2) is 97.8 Å². The van der Waals surface area contributed by atoms with Crippen molar-refractivity contribution in [3.63, 3.8) is 0 Å². The quantitative estimate of drug-likeness (QED) is 0.224. The zero-order chi connectivity index (χ0) is 35.6. The molecule has 2 aromatic carbocycles. The Kier molecular flexibility index (Phi) is 18.2. The minimum Gasteiger partial charge on any atom is -0.656 e. The molecule has 0 fully saturated rings. The first-order valence-corrected chi connectivity index (χ1v) is 15.6. The molecule has 0 spiro atoms. The van der Waals surface area contributed by atoms with Gasteiger partial charge in [0.05, 0.1) is 11.9 Å². The number of aromatic nitrogens is 4. The van der Waals surface area contributed by atoms with E-state index in [1.54, 1.807) is 49.3 Å². The molecule has 4 heterocycles. The van der Waals surface area contributed by atoms with Gasteiger partial charge >= 0.3 is 19.5 Å². The standard InChI is InChI=1S/C22H24NO4.3C6H7N.2H2O.Ru/c1-21(2,3)11-7-13-14-8-12(22(4,5)6)10-16(20(26)27)18(14)23-17(13)15(9-11)19(24)25;3*1-6-2-4-7-5-3-6;;;/h7-10H,1-6H3,(H,24,25)(H,26,27);3*2-5H,1H3;2*1H2;/q-1;;;;;;+3/p-2. The van der Waals surface area contributed by atoms with E-state index >= 15 is 0 Å². The number of fused-ring (bicyclic) bond motifs is 3. The van der Waals surface area contributed by atoms with Gasteiger partial charge in [-0.1, -0.05) is 65.8 Å². The molecule has 0 bridgehead atoms. The maximum Gasteiger partial charge on any atom is 3.00 e. The fraction of sp³-hybridized carbons (Fsp3) is 0.275. The number of benzene rings is 2. The van der Waals surface area contributed by atoms with Crippen molar-refractivity contribution in [1.82, 2.24) is 19.9 Å². The molecule has 1 radical (unpaired) electrons. The van der Waals surface area contributed by atoms with Crippen LogP contribution in [0.5, 0.6) is 0 Å². The number of carbonyl (C=O) groups excluding carboxylic acids is 2. The molecule has 0 amide bonds. The molecule has 6 aromatic rings. The summed E-state index contributed by atoms with van der Waals surface area (Å²) in [6, 6.07) is 18.7. The Bertz CT molecular complexity index is 1790. The molecule has 0 saturated carbocycles. The van der Waals surface area contributed by atoms with Crippen molar-refractivity contribution >= 4 is 33.7 Å². The van der Waals surface area contributed by atoms with Crippen LogP contribution in [0.4, 0.5) is 0 Å². The Morgan fingerprint density at radius 1 is 0.529 bits per heavy atom. The molecule has 51 heavy (non-hydrogen) atoms. The van der Waals surface area contributed by atoms with Gasteiger partial charge in [0.2, 0.25) is 0 Å². The van der Waals surface area contributed by atoms with Crippen LogP contribution in [0.3, 0.4) is 0 Å². The molecule has 11 heteroatoms. The van der Waals surface area contributed by atoms with Crippen LogP contribution in [0, 0.1) is 20.8 Å². The number of rotatable bonds is 2. The molecular weight excluding hydrogens is 734 g/mol. The van der Waals surface area contributed by atoms with Crippen LogP contribution >= 0.6 is 0 Å². The molecule has 4 N–H and O–H groups in total. The van der Waals surface area contributed by atoms with Crippen LogP contribution in [0.2, 0.25) is 0 Å².